The van der Waals surface area contributed by atoms with E-state index in [0.29, 0.717) is 6.61 Å². The maximum Gasteiger partial charge on any atom is 0.264 e. The first-order valence-corrected chi connectivity index (χ1v) is 6.17. The van der Waals surface area contributed by atoms with Crippen molar-refractivity contribution in [3.05, 3.63) is 0 Å². The van der Waals surface area contributed by atoms with Crippen LogP contribution in [-0.4, -0.2) is 39.5 Å². The van der Waals surface area contributed by atoms with Crippen LogP contribution in [0, 0.1) is 0 Å². The van der Waals surface area contributed by atoms with E-state index in [2.05, 4.69) is 4.18 Å². The van der Waals surface area contributed by atoms with Gasteiger partial charge in [-0.25, -0.2) is 0 Å². The molecule has 0 heterocycles. The van der Waals surface area contributed by atoms with Crippen LogP contribution in [0.25, 0.3) is 0 Å². The summed E-state index contributed by atoms with van der Waals surface area (Å²) in [4.78, 5) is 0. The van der Waals surface area contributed by atoms with E-state index < -0.39 is 21.8 Å². The van der Waals surface area contributed by atoms with E-state index in [1.807, 2.05) is 13.8 Å². The molecule has 0 saturated carbocycles. The molecule has 0 aliphatic heterocycles. The number of hydrogen-bond donors (Lipinski definition) is 1. The summed E-state index contributed by atoms with van der Waals surface area (Å²) in [7, 11) is -3.40. The van der Waals surface area contributed by atoms with Crippen molar-refractivity contribution >= 4 is 10.1 Å². The third-order valence-corrected chi connectivity index (χ3v) is 1.84. The van der Waals surface area contributed by atoms with Gasteiger partial charge in [-0.1, -0.05) is 0 Å². The van der Waals surface area contributed by atoms with Crippen LogP contribution in [-0.2, 0) is 19.0 Å². The minimum atomic E-state index is -3.40. The second-order valence-electron chi connectivity index (χ2n) is 4.11. The van der Waals surface area contributed by atoms with Gasteiger partial charge >= 0.3 is 0 Å². The monoisotopic (exact) mass is 225 g/mol. The molecule has 6 heteroatoms. The van der Waals surface area contributed by atoms with Crippen LogP contribution < -0.4 is 5.73 Å². The molecule has 0 rings (SSSR count). The first-order valence-electron chi connectivity index (χ1n) is 4.35. The Hall–Kier alpha value is -0.170. The average Bonchev–Trinajstić information content (AvgIpc) is 1.78. The molecule has 0 aromatic heterocycles. The lowest BCUT2D eigenvalue weighted by molar-refractivity contribution is 0.0415. The van der Waals surface area contributed by atoms with Gasteiger partial charge < -0.3 is 10.5 Å². The van der Waals surface area contributed by atoms with Crippen molar-refractivity contribution in [1.29, 1.82) is 0 Å². The Balaban J connectivity index is 3.71. The fourth-order valence-electron chi connectivity index (χ4n) is 0.814. The summed E-state index contributed by atoms with van der Waals surface area (Å²) in [6.07, 6.45) is 0.531. The lowest BCUT2D eigenvalue weighted by atomic mass is 10.1. The average molecular weight is 225 g/mol. The van der Waals surface area contributed by atoms with Crippen molar-refractivity contribution in [3.8, 4) is 0 Å². The molecule has 0 fully saturated rings. The van der Waals surface area contributed by atoms with Crippen molar-refractivity contribution in [1.82, 2.24) is 0 Å². The van der Waals surface area contributed by atoms with Gasteiger partial charge in [-0.2, -0.15) is 8.42 Å². The Morgan fingerprint density at radius 3 is 2.29 bits per heavy atom. The minimum absolute atomic E-state index is 0.216. The summed E-state index contributed by atoms with van der Waals surface area (Å²) < 4.78 is 31.2. The topological polar surface area (TPSA) is 78.6 Å². The molecule has 86 valence electrons. The number of nitrogens with two attached hydrogens (primary N) is 1. The second-order valence-corrected chi connectivity index (χ2v) is 5.72. The van der Waals surface area contributed by atoms with Crippen LogP contribution in [0.5, 0.6) is 0 Å². The zero-order valence-electron chi connectivity index (χ0n) is 9.11. The Morgan fingerprint density at radius 1 is 1.43 bits per heavy atom. The third kappa shape index (κ3) is 9.91. The van der Waals surface area contributed by atoms with E-state index in [1.54, 1.807) is 6.92 Å². The van der Waals surface area contributed by atoms with Crippen LogP contribution in [0.15, 0.2) is 0 Å². The molecule has 0 amide bonds. The van der Waals surface area contributed by atoms with Crippen molar-refractivity contribution < 1.29 is 17.3 Å². The molecule has 5 nitrogen and oxygen atoms in total. The normalized spacial score (nSPS) is 15.5. The highest BCUT2D eigenvalue weighted by molar-refractivity contribution is 7.86. The molecular formula is C8H19NO4S. The van der Waals surface area contributed by atoms with E-state index in [-0.39, 0.29) is 6.61 Å². The molecular weight excluding hydrogens is 206 g/mol. The summed E-state index contributed by atoms with van der Waals surface area (Å²) in [6, 6.07) is 0. The number of ether oxygens (including phenoxy) is 1. The van der Waals surface area contributed by atoms with Crippen molar-refractivity contribution in [3.63, 3.8) is 0 Å². The maximum atomic E-state index is 10.7. The molecule has 0 aromatic carbocycles. The molecule has 2 N–H and O–H groups in total. The van der Waals surface area contributed by atoms with Gasteiger partial charge in [-0.15, -0.1) is 0 Å². The lowest BCUT2D eigenvalue weighted by Crippen LogP contribution is -2.38. The van der Waals surface area contributed by atoms with E-state index in [4.69, 9.17) is 10.5 Å². The third-order valence-electron chi connectivity index (χ3n) is 1.17. The summed E-state index contributed by atoms with van der Waals surface area (Å²) in [5, 5.41) is 0. The highest BCUT2D eigenvalue weighted by atomic mass is 32.2. The standard InChI is InChI=1S/C8H19NO4S/c1-7(13-14(4,10)11)5-12-6-8(2,3)9/h7H,5-6,9H2,1-4H3. The van der Waals surface area contributed by atoms with Gasteiger partial charge in [0.05, 0.1) is 25.6 Å². The van der Waals surface area contributed by atoms with Crippen molar-refractivity contribution in [2.45, 2.75) is 32.4 Å². The molecule has 0 aliphatic carbocycles. The highest BCUT2D eigenvalue weighted by Gasteiger charge is 2.14. The molecule has 1 unspecified atom stereocenters. The number of rotatable bonds is 6. The van der Waals surface area contributed by atoms with E-state index in [9.17, 15) is 8.42 Å². The van der Waals surface area contributed by atoms with Gasteiger partial charge in [0.1, 0.15) is 0 Å². The van der Waals surface area contributed by atoms with Crippen molar-refractivity contribution in [2.24, 2.45) is 5.73 Å². The van der Waals surface area contributed by atoms with Gasteiger partial charge in [0, 0.05) is 5.54 Å². The van der Waals surface area contributed by atoms with Gasteiger partial charge in [0.15, 0.2) is 0 Å². The van der Waals surface area contributed by atoms with Crippen LogP contribution >= 0.6 is 0 Å². The summed E-state index contributed by atoms with van der Waals surface area (Å²) in [6.45, 7) is 5.87. The zero-order valence-corrected chi connectivity index (χ0v) is 9.93. The lowest BCUT2D eigenvalue weighted by Gasteiger charge is -2.19. The molecule has 0 saturated heterocycles. The molecule has 14 heavy (non-hydrogen) atoms. The van der Waals surface area contributed by atoms with E-state index in [0.717, 1.165) is 6.26 Å². The predicted octanol–water partition coefficient (Wildman–Crippen LogP) is 0.105. The first-order chi connectivity index (χ1) is 6.10. The maximum absolute atomic E-state index is 10.7. The van der Waals surface area contributed by atoms with Gasteiger partial charge in [-0.05, 0) is 20.8 Å². The summed E-state index contributed by atoms with van der Waals surface area (Å²) in [5.74, 6) is 0. The Kier molecular flexibility index (Phi) is 5.00. The Labute approximate surface area is 85.7 Å². The first kappa shape index (κ1) is 13.8. The Bertz CT molecular complexity index is 255. The predicted molar refractivity (Wildman–Crippen MR) is 54.5 cm³/mol. The van der Waals surface area contributed by atoms with Gasteiger partial charge in [0.25, 0.3) is 10.1 Å². The fraction of sp³-hybridized carbons (Fsp3) is 1.00. The molecule has 0 radical (unpaired) electrons. The van der Waals surface area contributed by atoms with E-state index in [1.165, 1.54) is 0 Å². The fourth-order valence-corrected chi connectivity index (χ4v) is 1.47. The largest absolute Gasteiger partial charge is 0.377 e. The quantitative estimate of drug-likeness (QED) is 0.649. The molecule has 0 bridgehead atoms. The van der Waals surface area contributed by atoms with Gasteiger partial charge in [0.2, 0.25) is 0 Å². The van der Waals surface area contributed by atoms with Gasteiger partial charge in [-0.3, -0.25) is 4.18 Å². The van der Waals surface area contributed by atoms with Crippen LogP contribution in [0.4, 0.5) is 0 Å². The second kappa shape index (κ2) is 5.06. The summed E-state index contributed by atoms with van der Waals surface area (Å²) in [5.41, 5.74) is 5.25. The molecule has 0 aliphatic rings. The van der Waals surface area contributed by atoms with Crippen LogP contribution in [0.3, 0.4) is 0 Å². The SMILES string of the molecule is CC(COCC(C)(C)N)OS(C)(=O)=O. The summed E-state index contributed by atoms with van der Waals surface area (Å²) >= 11 is 0. The molecule has 0 spiro atoms. The van der Waals surface area contributed by atoms with Crippen LogP contribution in [0.1, 0.15) is 20.8 Å². The number of hydrogen-bond acceptors (Lipinski definition) is 5. The minimum Gasteiger partial charge on any atom is -0.377 e. The van der Waals surface area contributed by atoms with E-state index >= 15 is 0 Å². The Morgan fingerprint density at radius 2 is 1.93 bits per heavy atom. The molecule has 0 aromatic rings. The highest BCUT2D eigenvalue weighted by Crippen LogP contribution is 2.01. The van der Waals surface area contributed by atoms with Crippen LogP contribution in [0.2, 0.25) is 0 Å². The van der Waals surface area contributed by atoms with Crippen molar-refractivity contribution in [2.75, 3.05) is 19.5 Å². The smallest absolute Gasteiger partial charge is 0.264 e. The molecule has 1 atom stereocenters. The zero-order chi connectivity index (χ0) is 11.4.